The molecular formula is C19H22N4O. The van der Waals surface area contributed by atoms with Crippen LogP contribution in [0.1, 0.15) is 23.2 Å². The van der Waals surface area contributed by atoms with Gasteiger partial charge in [-0.1, -0.05) is 30.3 Å². The van der Waals surface area contributed by atoms with Crippen LogP contribution >= 0.6 is 0 Å². The highest BCUT2D eigenvalue weighted by Gasteiger charge is 2.23. The number of hydrogen-bond acceptors (Lipinski definition) is 4. The highest BCUT2D eigenvalue weighted by atomic mass is 16.2. The van der Waals surface area contributed by atoms with E-state index >= 15 is 0 Å². The van der Waals surface area contributed by atoms with Crippen LogP contribution in [0.15, 0.2) is 36.4 Å². The molecule has 1 aromatic heterocycles. The normalized spacial score (nSPS) is 17.0. The van der Waals surface area contributed by atoms with Gasteiger partial charge in [-0.15, -0.1) is 5.10 Å². The van der Waals surface area contributed by atoms with Gasteiger partial charge in [-0.25, -0.2) is 0 Å². The van der Waals surface area contributed by atoms with Crippen molar-refractivity contribution in [1.82, 2.24) is 15.1 Å². The Kier molecular flexibility index (Phi) is 4.15. The summed E-state index contributed by atoms with van der Waals surface area (Å²) < 4.78 is 0. The van der Waals surface area contributed by atoms with Crippen LogP contribution in [0.4, 0.5) is 5.82 Å². The first kappa shape index (κ1) is 15.1. The maximum atomic E-state index is 12.4. The molecule has 0 saturated carbocycles. The number of fused-ring (bicyclic) bond motifs is 1. The molecule has 5 nitrogen and oxygen atoms in total. The van der Waals surface area contributed by atoms with E-state index in [1.165, 1.54) is 12.0 Å². The van der Waals surface area contributed by atoms with E-state index < -0.39 is 0 Å². The lowest BCUT2D eigenvalue weighted by Crippen LogP contribution is -2.49. The van der Waals surface area contributed by atoms with Crippen LogP contribution in [-0.4, -0.2) is 47.2 Å². The number of hydrogen-bond donors (Lipinski definition) is 0. The number of piperazine rings is 1. The smallest absolute Gasteiger partial charge is 0.227 e. The Bertz CT molecular complexity index is 723. The molecular weight excluding hydrogens is 300 g/mol. The fraction of sp³-hybridized carbons (Fsp3) is 0.421. The molecule has 1 amide bonds. The van der Waals surface area contributed by atoms with Crippen molar-refractivity contribution in [3.05, 3.63) is 53.2 Å². The number of aromatic nitrogens is 2. The molecule has 0 bridgehead atoms. The van der Waals surface area contributed by atoms with Gasteiger partial charge in [0.05, 0.1) is 12.1 Å². The predicted octanol–water partition coefficient (Wildman–Crippen LogP) is 1.86. The molecule has 24 heavy (non-hydrogen) atoms. The maximum Gasteiger partial charge on any atom is 0.227 e. The van der Waals surface area contributed by atoms with Crippen LogP contribution in [-0.2, 0) is 24.1 Å². The maximum absolute atomic E-state index is 12.4. The Balaban J connectivity index is 1.35. The topological polar surface area (TPSA) is 49.3 Å². The molecule has 5 heteroatoms. The lowest BCUT2D eigenvalue weighted by molar-refractivity contribution is -0.130. The third-order valence-electron chi connectivity index (χ3n) is 4.96. The SMILES string of the molecule is O=C(Cc1ccccc1)N1CCN(c2cc3c(nn2)CCC3)CC1. The second kappa shape index (κ2) is 6.59. The van der Waals surface area contributed by atoms with Gasteiger partial charge in [-0.2, -0.15) is 5.10 Å². The van der Waals surface area contributed by atoms with E-state index in [0.717, 1.165) is 56.1 Å². The van der Waals surface area contributed by atoms with Crippen molar-refractivity contribution < 1.29 is 4.79 Å². The first-order chi connectivity index (χ1) is 11.8. The number of amides is 1. The average molecular weight is 322 g/mol. The minimum atomic E-state index is 0.209. The highest BCUT2D eigenvalue weighted by molar-refractivity contribution is 5.79. The van der Waals surface area contributed by atoms with Crippen molar-refractivity contribution in [1.29, 1.82) is 0 Å². The lowest BCUT2D eigenvalue weighted by atomic mass is 10.1. The summed E-state index contributed by atoms with van der Waals surface area (Å²) in [5.41, 5.74) is 3.59. The molecule has 0 N–H and O–H groups in total. The molecule has 124 valence electrons. The molecule has 1 aromatic carbocycles. The van der Waals surface area contributed by atoms with Gasteiger partial charge in [0.15, 0.2) is 5.82 Å². The highest BCUT2D eigenvalue weighted by Crippen LogP contribution is 2.23. The summed E-state index contributed by atoms with van der Waals surface area (Å²) >= 11 is 0. The summed E-state index contributed by atoms with van der Waals surface area (Å²) in [5, 5.41) is 8.76. The summed E-state index contributed by atoms with van der Waals surface area (Å²) in [5.74, 6) is 1.17. The monoisotopic (exact) mass is 322 g/mol. The minimum absolute atomic E-state index is 0.209. The number of benzene rings is 1. The Morgan fingerprint density at radius 2 is 1.79 bits per heavy atom. The standard InChI is InChI=1S/C19H22N4O/c24-19(13-15-5-2-1-3-6-15)23-11-9-22(10-12-23)18-14-16-7-4-8-17(16)20-21-18/h1-3,5-6,14H,4,7-13H2. The summed E-state index contributed by atoms with van der Waals surface area (Å²) in [6.45, 7) is 3.16. The zero-order valence-electron chi connectivity index (χ0n) is 13.8. The summed E-state index contributed by atoms with van der Waals surface area (Å²) in [4.78, 5) is 16.7. The quantitative estimate of drug-likeness (QED) is 0.865. The van der Waals surface area contributed by atoms with E-state index in [4.69, 9.17) is 0 Å². The zero-order chi connectivity index (χ0) is 16.4. The van der Waals surface area contributed by atoms with E-state index in [-0.39, 0.29) is 5.91 Å². The van der Waals surface area contributed by atoms with Crippen LogP contribution in [0.3, 0.4) is 0 Å². The van der Waals surface area contributed by atoms with E-state index in [2.05, 4.69) is 21.2 Å². The van der Waals surface area contributed by atoms with Crippen molar-refractivity contribution in [2.75, 3.05) is 31.1 Å². The molecule has 0 atom stereocenters. The third-order valence-corrected chi connectivity index (χ3v) is 4.96. The van der Waals surface area contributed by atoms with Gasteiger partial charge < -0.3 is 9.80 Å². The van der Waals surface area contributed by atoms with Crippen LogP contribution in [0, 0.1) is 0 Å². The van der Waals surface area contributed by atoms with Gasteiger partial charge in [-0.3, -0.25) is 4.79 Å². The van der Waals surface area contributed by atoms with E-state index in [1.807, 2.05) is 35.2 Å². The number of anilines is 1. The van der Waals surface area contributed by atoms with E-state index in [9.17, 15) is 4.79 Å². The minimum Gasteiger partial charge on any atom is -0.352 e. The third kappa shape index (κ3) is 3.11. The molecule has 2 heterocycles. The van der Waals surface area contributed by atoms with Crippen LogP contribution in [0.5, 0.6) is 0 Å². The summed E-state index contributed by atoms with van der Waals surface area (Å²) in [7, 11) is 0. The molecule has 2 aliphatic rings. The molecule has 0 unspecified atom stereocenters. The first-order valence-electron chi connectivity index (χ1n) is 8.72. The zero-order valence-corrected chi connectivity index (χ0v) is 13.8. The summed E-state index contributed by atoms with van der Waals surface area (Å²) in [6.07, 6.45) is 3.85. The van der Waals surface area contributed by atoms with Gasteiger partial charge >= 0.3 is 0 Å². The van der Waals surface area contributed by atoms with E-state index in [1.54, 1.807) is 0 Å². The fourth-order valence-corrected chi connectivity index (χ4v) is 3.54. The van der Waals surface area contributed by atoms with Gasteiger partial charge in [0.25, 0.3) is 0 Å². The van der Waals surface area contributed by atoms with Gasteiger partial charge in [-0.05, 0) is 36.5 Å². The molecule has 1 aliphatic heterocycles. The van der Waals surface area contributed by atoms with Crippen molar-refractivity contribution >= 4 is 11.7 Å². The van der Waals surface area contributed by atoms with Crippen LogP contribution < -0.4 is 4.90 Å². The Morgan fingerprint density at radius 1 is 1.00 bits per heavy atom. The Morgan fingerprint density at radius 3 is 2.58 bits per heavy atom. The van der Waals surface area contributed by atoms with Gasteiger partial charge in [0.1, 0.15) is 0 Å². The number of carbonyl (C=O) groups excluding carboxylic acids is 1. The van der Waals surface area contributed by atoms with Gasteiger partial charge in [0, 0.05) is 26.2 Å². The molecule has 1 fully saturated rings. The largest absolute Gasteiger partial charge is 0.352 e. The van der Waals surface area contributed by atoms with E-state index in [0.29, 0.717) is 6.42 Å². The Labute approximate surface area is 142 Å². The first-order valence-corrected chi connectivity index (χ1v) is 8.72. The Hall–Kier alpha value is -2.43. The van der Waals surface area contributed by atoms with Crippen molar-refractivity contribution in [3.63, 3.8) is 0 Å². The molecule has 0 radical (unpaired) electrons. The predicted molar refractivity (Wildman–Crippen MR) is 93.0 cm³/mol. The molecule has 4 rings (SSSR count). The molecule has 1 aliphatic carbocycles. The molecule has 0 spiro atoms. The van der Waals surface area contributed by atoms with Crippen LogP contribution in [0.25, 0.3) is 0 Å². The molecule has 1 saturated heterocycles. The number of carbonyl (C=O) groups is 1. The number of nitrogens with zero attached hydrogens (tertiary/aromatic N) is 4. The number of aryl methyl sites for hydroxylation is 2. The average Bonchev–Trinajstić information content (AvgIpc) is 3.10. The van der Waals surface area contributed by atoms with Crippen molar-refractivity contribution in [2.45, 2.75) is 25.7 Å². The van der Waals surface area contributed by atoms with Crippen LogP contribution in [0.2, 0.25) is 0 Å². The fourth-order valence-electron chi connectivity index (χ4n) is 3.54. The second-order valence-corrected chi connectivity index (χ2v) is 6.56. The van der Waals surface area contributed by atoms with Crippen molar-refractivity contribution in [2.24, 2.45) is 0 Å². The second-order valence-electron chi connectivity index (χ2n) is 6.56. The molecule has 2 aromatic rings. The lowest BCUT2D eigenvalue weighted by Gasteiger charge is -2.35. The van der Waals surface area contributed by atoms with Crippen molar-refractivity contribution in [3.8, 4) is 0 Å². The summed E-state index contributed by atoms with van der Waals surface area (Å²) in [6, 6.07) is 12.1. The number of rotatable bonds is 3. The van der Waals surface area contributed by atoms with Gasteiger partial charge in [0.2, 0.25) is 5.91 Å².